The maximum absolute atomic E-state index is 6.58. The summed E-state index contributed by atoms with van der Waals surface area (Å²) in [4.78, 5) is 35.4. The summed E-state index contributed by atoms with van der Waals surface area (Å²) in [5, 5.41) is 14.5. The molecule has 590 valence electrons. The van der Waals surface area contributed by atoms with Crippen molar-refractivity contribution in [2.45, 2.75) is 0 Å². The van der Waals surface area contributed by atoms with Crippen molar-refractivity contribution < 1.29 is 4.42 Å². The van der Waals surface area contributed by atoms with Gasteiger partial charge in [0.15, 0.2) is 23.3 Å². The minimum absolute atomic E-state index is 0.615. The van der Waals surface area contributed by atoms with Crippen molar-refractivity contribution in [3.05, 3.63) is 425 Å². The molecule has 0 atom stereocenters. The van der Waals surface area contributed by atoms with Crippen molar-refractivity contribution in [2.75, 3.05) is 0 Å². The van der Waals surface area contributed by atoms with Gasteiger partial charge in [-0.25, -0.2) is 24.9 Å². The summed E-state index contributed by atoms with van der Waals surface area (Å²) in [6, 6.07) is 148. The Balaban J connectivity index is 0.000000106. The van der Waals surface area contributed by atoms with E-state index >= 15 is 0 Å². The summed E-state index contributed by atoms with van der Waals surface area (Å²) in [5.41, 5.74) is 22.5. The minimum Gasteiger partial charge on any atom is -0.455 e. The lowest BCUT2D eigenvalue weighted by atomic mass is 10.0. The second kappa shape index (κ2) is 30.9. The van der Waals surface area contributed by atoms with E-state index < -0.39 is 0 Å². The SMILES string of the molecule is c1ccc(-c2cc(-c3ccccc3)nc(-c3ccc4c(c3)c3c5oc6ccccc6c5ccc3n4-c3ccccc3)n2)cc1.c1ccc(-c2cc(-c3ccccc3)nc(-c3ccc4c(c3)c3c5sc6ccccc6c5ccc3n4-c3ccccc3)n2)cc1.c1ccc(-c2nc(-c3ccccc3)nc(-n3c4ccccc4c4c5sc6ccccc6c5ccc43)n2)cc1. The minimum atomic E-state index is 0.615. The predicted molar refractivity (Wildman–Crippen MR) is 523 cm³/mol. The third-order valence-electron chi connectivity index (χ3n) is 23.9. The molecule has 0 spiro atoms. The average molecular weight is 1650 g/mol. The molecule has 0 unspecified atom stereocenters. The van der Waals surface area contributed by atoms with Crippen LogP contribution in [0.2, 0.25) is 0 Å². The van der Waals surface area contributed by atoms with Gasteiger partial charge in [-0.2, -0.15) is 9.97 Å². The zero-order chi connectivity index (χ0) is 83.1. The van der Waals surface area contributed by atoms with Gasteiger partial charge in [-0.15, -0.1) is 22.7 Å². The second-order valence-corrected chi connectivity index (χ2v) is 33.5. The molecular weight excluding hydrogens is 1580 g/mol. The van der Waals surface area contributed by atoms with Gasteiger partial charge >= 0.3 is 0 Å². The third kappa shape index (κ3) is 12.8. The Morgan fingerprint density at radius 2 is 0.524 bits per heavy atom. The van der Waals surface area contributed by atoms with Crippen LogP contribution in [0.1, 0.15) is 0 Å². The number of nitrogens with zero attached hydrogens (tertiary/aromatic N) is 10. The smallest absolute Gasteiger partial charge is 0.238 e. The molecule has 0 N–H and O–H groups in total. The number of para-hydroxylation sites is 4. The van der Waals surface area contributed by atoms with Crippen molar-refractivity contribution in [2.24, 2.45) is 0 Å². The Hall–Kier alpha value is -16.5. The molecule has 0 aliphatic heterocycles. The lowest BCUT2D eigenvalue weighted by molar-refractivity contribution is 0.673. The highest BCUT2D eigenvalue weighted by molar-refractivity contribution is 7.27. The number of thiophene rings is 2. The van der Waals surface area contributed by atoms with Gasteiger partial charge in [-0.05, 0) is 121 Å². The van der Waals surface area contributed by atoms with E-state index in [2.05, 4.69) is 311 Å². The standard InChI is InChI=1S/C40H25N3O.C40H25N3S.C33H20N4S/c2*1-4-12-26(13-5-1)33-25-34(27-14-6-2-7-15-27)42-40(41-33)28-20-22-35-32(24-28)38-36(43(35)29-16-8-3-9-17-29)23-21-31-30-18-10-11-19-37(30)44-39(31)38;1-3-11-21(12-4-1)31-34-32(22-13-5-2-6-14-22)36-33(35-31)37-26-17-9-7-16-25(26)29-27(37)20-19-24-23-15-8-10-18-28(23)38-30(24)29/h2*1-25H;1-20H. The van der Waals surface area contributed by atoms with Gasteiger partial charge in [0, 0.05) is 134 Å². The third-order valence-corrected chi connectivity index (χ3v) is 26.3. The largest absolute Gasteiger partial charge is 0.455 e. The first-order chi connectivity index (χ1) is 62.5. The van der Waals surface area contributed by atoms with Crippen LogP contribution in [-0.4, -0.2) is 48.6 Å². The predicted octanol–water partition coefficient (Wildman–Crippen LogP) is 30.1. The van der Waals surface area contributed by atoms with E-state index in [1.807, 2.05) is 150 Å². The Labute approximate surface area is 730 Å². The summed E-state index contributed by atoms with van der Waals surface area (Å²) in [6.45, 7) is 0. The van der Waals surface area contributed by atoms with E-state index in [-0.39, 0.29) is 0 Å². The number of hydrogen-bond acceptors (Lipinski definition) is 10. The number of furan rings is 1. The Bertz CT molecular complexity index is 8170. The summed E-state index contributed by atoms with van der Waals surface area (Å²) >= 11 is 3.72. The molecule has 0 fully saturated rings. The molecule has 26 rings (SSSR count). The lowest BCUT2D eigenvalue weighted by Gasteiger charge is -2.10. The van der Waals surface area contributed by atoms with E-state index in [0.29, 0.717) is 23.4 Å². The van der Waals surface area contributed by atoms with Crippen molar-refractivity contribution in [3.8, 4) is 108 Å². The van der Waals surface area contributed by atoms with Gasteiger partial charge in [0.2, 0.25) is 5.95 Å². The highest BCUT2D eigenvalue weighted by atomic mass is 32.1. The summed E-state index contributed by atoms with van der Waals surface area (Å²) in [7, 11) is 0. The van der Waals surface area contributed by atoms with Crippen LogP contribution in [0, 0.1) is 0 Å². The average Bonchev–Trinajstić information content (AvgIpc) is 1.57. The Morgan fingerprint density at radius 1 is 0.198 bits per heavy atom. The van der Waals surface area contributed by atoms with Gasteiger partial charge in [0.05, 0.1) is 61.3 Å². The molecule has 9 heterocycles. The number of hydrogen-bond donors (Lipinski definition) is 0. The molecule has 0 saturated carbocycles. The molecule has 0 amide bonds. The zero-order valence-corrected chi connectivity index (χ0v) is 69.2. The van der Waals surface area contributed by atoms with Gasteiger partial charge in [0.1, 0.15) is 11.2 Å². The number of aromatic nitrogens is 10. The molecule has 0 radical (unpaired) electrons. The normalized spacial score (nSPS) is 11.7. The van der Waals surface area contributed by atoms with E-state index in [9.17, 15) is 0 Å². The first-order valence-corrected chi connectivity index (χ1v) is 43.7. The Kier molecular flexibility index (Phi) is 18.0. The maximum Gasteiger partial charge on any atom is 0.238 e. The van der Waals surface area contributed by atoms with E-state index in [1.54, 1.807) is 0 Å². The van der Waals surface area contributed by atoms with E-state index in [1.165, 1.54) is 72.9 Å². The summed E-state index contributed by atoms with van der Waals surface area (Å²) in [5.74, 6) is 3.33. The molecule has 11 nitrogen and oxygen atoms in total. The summed E-state index contributed by atoms with van der Waals surface area (Å²) < 4.78 is 18.7. The van der Waals surface area contributed by atoms with Crippen LogP contribution in [0.5, 0.6) is 0 Å². The molecule has 0 saturated heterocycles. The molecule has 0 aliphatic rings. The molecule has 0 aliphatic carbocycles. The van der Waals surface area contributed by atoms with Crippen LogP contribution >= 0.6 is 22.7 Å². The van der Waals surface area contributed by atoms with Gasteiger partial charge < -0.3 is 13.6 Å². The van der Waals surface area contributed by atoms with Crippen molar-refractivity contribution in [3.63, 3.8) is 0 Å². The van der Waals surface area contributed by atoms with Crippen LogP contribution in [0.25, 0.3) is 236 Å². The van der Waals surface area contributed by atoms with Gasteiger partial charge in [0.25, 0.3) is 0 Å². The number of fused-ring (bicyclic) bond motifs is 21. The van der Waals surface area contributed by atoms with E-state index in [0.717, 1.165) is 139 Å². The van der Waals surface area contributed by atoms with E-state index in [4.69, 9.17) is 39.3 Å². The van der Waals surface area contributed by atoms with Crippen LogP contribution in [0.4, 0.5) is 0 Å². The Morgan fingerprint density at radius 3 is 0.976 bits per heavy atom. The lowest BCUT2D eigenvalue weighted by Crippen LogP contribution is -2.06. The highest BCUT2D eigenvalue weighted by Gasteiger charge is 2.26. The van der Waals surface area contributed by atoms with Crippen LogP contribution in [0.3, 0.4) is 0 Å². The zero-order valence-electron chi connectivity index (χ0n) is 67.6. The molecule has 26 aromatic rings. The van der Waals surface area contributed by atoms with Crippen molar-refractivity contribution in [1.82, 2.24) is 48.6 Å². The molecule has 9 aromatic heterocycles. The van der Waals surface area contributed by atoms with Gasteiger partial charge in [-0.3, -0.25) is 4.57 Å². The van der Waals surface area contributed by atoms with Crippen molar-refractivity contribution >= 4 is 150 Å². The quantitative estimate of drug-likeness (QED) is 0.126. The van der Waals surface area contributed by atoms with Crippen molar-refractivity contribution in [1.29, 1.82) is 0 Å². The molecule has 13 heteroatoms. The first kappa shape index (κ1) is 73.5. The monoisotopic (exact) mass is 1650 g/mol. The second-order valence-electron chi connectivity index (χ2n) is 31.4. The topological polar surface area (TPSA) is 118 Å². The molecule has 17 aromatic carbocycles. The van der Waals surface area contributed by atoms with Crippen LogP contribution in [-0.2, 0) is 0 Å². The molecule has 126 heavy (non-hydrogen) atoms. The van der Waals surface area contributed by atoms with Crippen LogP contribution in [0.15, 0.2) is 429 Å². The fourth-order valence-corrected chi connectivity index (χ4v) is 20.6. The van der Waals surface area contributed by atoms with Gasteiger partial charge in [-0.1, -0.05) is 303 Å². The molecular formula is C113H70N10OS2. The van der Waals surface area contributed by atoms with Crippen LogP contribution < -0.4 is 0 Å². The number of rotatable bonds is 11. The first-order valence-electron chi connectivity index (χ1n) is 42.1. The fourth-order valence-electron chi connectivity index (χ4n) is 18.1. The maximum atomic E-state index is 6.58. The fraction of sp³-hybridized carbons (Fsp3) is 0. The highest BCUT2D eigenvalue weighted by Crippen LogP contribution is 2.48. The molecule has 0 bridgehead atoms. The summed E-state index contributed by atoms with van der Waals surface area (Å²) in [6.07, 6.45) is 0. The number of benzene rings is 17.